The van der Waals surface area contributed by atoms with Gasteiger partial charge in [0, 0.05) is 41.9 Å². The third-order valence-corrected chi connectivity index (χ3v) is 10.1. The van der Waals surface area contributed by atoms with Crippen LogP contribution in [0.1, 0.15) is 95.1 Å². The minimum absolute atomic E-state index is 0.0541. The van der Waals surface area contributed by atoms with E-state index in [2.05, 4.69) is 73.5 Å². The van der Waals surface area contributed by atoms with Crippen LogP contribution in [0, 0.1) is 10.8 Å². The second-order valence-electron chi connectivity index (χ2n) is 14.7. The number of carbonyl (C=O) groups is 2. The Morgan fingerprint density at radius 3 is 2.23 bits per heavy atom. The zero-order valence-electron chi connectivity index (χ0n) is 26.7. The standard InChI is InChI=1S/C37H48N2O4/c1-34(2,3)43-33(42)38-24-37(28-10-8-7-9-11-28)21-16-29(17-22-37)39-23-19-31-35(4,5)30(18-20-36(31,6)25-39)26-12-14-27(15-13-26)32(40)41/h7-15,18-19,29H,16-17,20-25H2,1-6H3,(H,38,42)(H,40,41)/t29?,36-,37?/m1/s1. The lowest BCUT2D eigenvalue weighted by atomic mass is 9.58. The van der Waals surface area contributed by atoms with Crippen molar-refractivity contribution in [2.45, 2.75) is 90.7 Å². The summed E-state index contributed by atoms with van der Waals surface area (Å²) in [6, 6.07) is 18.5. The predicted molar refractivity (Wildman–Crippen MR) is 172 cm³/mol. The summed E-state index contributed by atoms with van der Waals surface area (Å²) in [7, 11) is 0. The largest absolute Gasteiger partial charge is 0.478 e. The molecular weight excluding hydrogens is 536 g/mol. The van der Waals surface area contributed by atoms with Crippen LogP contribution in [0.2, 0.25) is 0 Å². The van der Waals surface area contributed by atoms with Crippen LogP contribution in [0.15, 0.2) is 72.3 Å². The number of fused-ring (bicyclic) bond motifs is 1. The molecule has 1 saturated carbocycles. The molecule has 6 heteroatoms. The molecule has 5 rings (SSSR count). The number of benzene rings is 2. The second kappa shape index (κ2) is 11.6. The summed E-state index contributed by atoms with van der Waals surface area (Å²) in [5.41, 5.74) is 4.79. The van der Waals surface area contributed by atoms with E-state index in [0.29, 0.717) is 18.2 Å². The smallest absolute Gasteiger partial charge is 0.407 e. The first-order chi connectivity index (χ1) is 20.2. The molecule has 0 spiro atoms. The molecule has 1 fully saturated rings. The number of carboxylic acid groups (broad SMARTS) is 1. The third kappa shape index (κ3) is 6.45. The number of aromatic carboxylic acids is 1. The van der Waals surface area contributed by atoms with Gasteiger partial charge in [0.25, 0.3) is 0 Å². The van der Waals surface area contributed by atoms with Gasteiger partial charge in [-0.1, -0.05) is 81.0 Å². The number of ether oxygens (including phenoxy) is 1. The summed E-state index contributed by atoms with van der Waals surface area (Å²) in [5, 5.41) is 12.4. The van der Waals surface area contributed by atoms with E-state index < -0.39 is 11.6 Å². The minimum Gasteiger partial charge on any atom is -0.478 e. The van der Waals surface area contributed by atoms with Gasteiger partial charge >= 0.3 is 12.1 Å². The normalized spacial score (nSPS) is 27.3. The molecular formula is C37H48N2O4. The van der Waals surface area contributed by atoms with E-state index >= 15 is 0 Å². The van der Waals surface area contributed by atoms with Gasteiger partial charge in [-0.05, 0) is 81.7 Å². The van der Waals surface area contributed by atoms with E-state index in [-0.39, 0.29) is 22.3 Å². The Morgan fingerprint density at radius 2 is 1.63 bits per heavy atom. The van der Waals surface area contributed by atoms with Crippen LogP contribution in [0.3, 0.4) is 0 Å². The van der Waals surface area contributed by atoms with E-state index in [1.54, 1.807) is 12.1 Å². The molecule has 1 amide bonds. The maximum absolute atomic E-state index is 12.6. The molecule has 230 valence electrons. The molecule has 2 aromatic carbocycles. The Hall–Kier alpha value is -3.38. The Labute approximate surface area is 257 Å². The van der Waals surface area contributed by atoms with Crippen molar-refractivity contribution >= 4 is 17.6 Å². The number of amides is 1. The highest BCUT2D eigenvalue weighted by atomic mass is 16.6. The van der Waals surface area contributed by atoms with Gasteiger partial charge in [0.1, 0.15) is 5.60 Å². The number of alkyl carbamates (subject to hydrolysis) is 1. The maximum atomic E-state index is 12.6. The topological polar surface area (TPSA) is 78.9 Å². The SMILES string of the molecule is CC(C)(C)OC(=O)NCC1(c2ccccc2)CCC(N2CC=C3C(C)(C)C(c4ccc(C(=O)O)cc4)=CC[C@]3(C)C2)CC1. The summed E-state index contributed by atoms with van der Waals surface area (Å²) in [5.74, 6) is -0.894. The Bertz CT molecular complexity index is 1390. The maximum Gasteiger partial charge on any atom is 0.407 e. The molecule has 1 aliphatic heterocycles. The lowest BCUT2D eigenvalue weighted by Gasteiger charge is -2.53. The monoisotopic (exact) mass is 584 g/mol. The molecule has 2 aliphatic carbocycles. The van der Waals surface area contributed by atoms with Gasteiger partial charge in [0.2, 0.25) is 0 Å². The van der Waals surface area contributed by atoms with Crippen LogP contribution >= 0.6 is 0 Å². The van der Waals surface area contributed by atoms with Crippen molar-refractivity contribution in [3.05, 3.63) is 89.0 Å². The summed E-state index contributed by atoms with van der Waals surface area (Å²) in [6.07, 6.45) is 9.69. The zero-order valence-corrected chi connectivity index (χ0v) is 26.7. The highest BCUT2D eigenvalue weighted by Crippen LogP contribution is 2.56. The summed E-state index contributed by atoms with van der Waals surface area (Å²) < 4.78 is 5.56. The Morgan fingerprint density at radius 1 is 0.977 bits per heavy atom. The van der Waals surface area contributed by atoms with Crippen molar-refractivity contribution in [2.75, 3.05) is 19.6 Å². The average molecular weight is 585 g/mol. The van der Waals surface area contributed by atoms with Crippen LogP contribution in [-0.2, 0) is 10.2 Å². The van der Waals surface area contributed by atoms with Crippen molar-refractivity contribution in [2.24, 2.45) is 10.8 Å². The van der Waals surface area contributed by atoms with Gasteiger partial charge in [-0.15, -0.1) is 0 Å². The minimum atomic E-state index is -0.894. The van der Waals surface area contributed by atoms with Crippen molar-refractivity contribution in [1.29, 1.82) is 0 Å². The molecule has 43 heavy (non-hydrogen) atoms. The van der Waals surface area contributed by atoms with Crippen LogP contribution in [0.25, 0.3) is 5.57 Å². The first kappa shape index (κ1) is 31.1. The van der Waals surface area contributed by atoms with Crippen LogP contribution in [0.5, 0.6) is 0 Å². The molecule has 0 aromatic heterocycles. The third-order valence-electron chi connectivity index (χ3n) is 10.1. The van der Waals surface area contributed by atoms with Gasteiger partial charge < -0.3 is 15.2 Å². The van der Waals surface area contributed by atoms with Crippen LogP contribution < -0.4 is 5.32 Å². The van der Waals surface area contributed by atoms with Gasteiger partial charge in [-0.25, -0.2) is 9.59 Å². The highest BCUT2D eigenvalue weighted by Gasteiger charge is 2.47. The van der Waals surface area contributed by atoms with Gasteiger partial charge in [0.15, 0.2) is 0 Å². The first-order valence-electron chi connectivity index (χ1n) is 15.7. The van der Waals surface area contributed by atoms with Gasteiger partial charge in [-0.2, -0.15) is 0 Å². The predicted octanol–water partition coefficient (Wildman–Crippen LogP) is 7.85. The first-order valence-corrected chi connectivity index (χ1v) is 15.7. The molecule has 0 bridgehead atoms. The van der Waals surface area contributed by atoms with Crippen LogP contribution in [-0.4, -0.2) is 53.3 Å². The van der Waals surface area contributed by atoms with Crippen molar-refractivity contribution in [1.82, 2.24) is 10.2 Å². The number of nitrogens with one attached hydrogen (secondary N) is 1. The molecule has 6 nitrogen and oxygen atoms in total. The lowest BCUT2D eigenvalue weighted by molar-refractivity contribution is 0.0485. The fraction of sp³-hybridized carbons (Fsp3) is 0.514. The quantitative estimate of drug-likeness (QED) is 0.338. The number of hydrogen-bond acceptors (Lipinski definition) is 4. The molecule has 3 aliphatic rings. The lowest BCUT2D eigenvalue weighted by Crippen LogP contribution is -2.53. The second-order valence-corrected chi connectivity index (χ2v) is 14.7. The van der Waals surface area contributed by atoms with E-state index in [1.165, 1.54) is 16.7 Å². The van der Waals surface area contributed by atoms with Crippen LogP contribution in [0.4, 0.5) is 4.79 Å². The van der Waals surface area contributed by atoms with Gasteiger partial charge in [-0.3, -0.25) is 4.90 Å². The molecule has 2 N–H and O–H groups in total. The van der Waals surface area contributed by atoms with E-state index in [4.69, 9.17) is 4.74 Å². The number of carbonyl (C=O) groups excluding carboxylic acids is 1. The number of carboxylic acids is 1. The fourth-order valence-corrected chi connectivity index (χ4v) is 7.95. The fourth-order valence-electron chi connectivity index (χ4n) is 7.95. The summed E-state index contributed by atoms with van der Waals surface area (Å²) in [6.45, 7) is 15.3. The highest BCUT2D eigenvalue weighted by molar-refractivity contribution is 5.88. The number of hydrogen-bond donors (Lipinski definition) is 2. The van der Waals surface area contributed by atoms with E-state index in [0.717, 1.165) is 50.8 Å². The molecule has 1 atom stereocenters. The van der Waals surface area contributed by atoms with Crippen molar-refractivity contribution in [3.63, 3.8) is 0 Å². The Kier molecular flexibility index (Phi) is 8.38. The zero-order chi connectivity index (χ0) is 31.0. The Balaban J connectivity index is 1.29. The summed E-state index contributed by atoms with van der Waals surface area (Å²) in [4.78, 5) is 26.6. The number of nitrogens with zero attached hydrogens (tertiary/aromatic N) is 1. The number of rotatable bonds is 6. The molecule has 0 unspecified atom stereocenters. The van der Waals surface area contributed by atoms with E-state index in [1.807, 2.05) is 32.9 Å². The molecule has 0 radical (unpaired) electrons. The molecule has 2 aromatic rings. The molecule has 1 heterocycles. The summed E-state index contributed by atoms with van der Waals surface area (Å²) >= 11 is 0. The van der Waals surface area contributed by atoms with Gasteiger partial charge in [0.05, 0.1) is 5.56 Å². The van der Waals surface area contributed by atoms with E-state index in [9.17, 15) is 14.7 Å². The average Bonchev–Trinajstić information content (AvgIpc) is 2.95. The van der Waals surface area contributed by atoms with Crippen molar-refractivity contribution < 1.29 is 19.4 Å². The molecule has 0 saturated heterocycles. The van der Waals surface area contributed by atoms with Crippen molar-refractivity contribution in [3.8, 4) is 0 Å². The number of allylic oxidation sites excluding steroid dienone is 2.